The number of hydrogen-bond donors (Lipinski definition) is 0. The molecule has 0 spiro atoms. The summed E-state index contributed by atoms with van der Waals surface area (Å²) in [6.45, 7) is 2.90. The SMILES string of the molecule is COCC(COC)N1CCc2cc(OC)c([N+](=O)[O-])cc2CC1. The molecule has 7 nitrogen and oxygen atoms in total. The number of rotatable bonds is 7. The van der Waals surface area contributed by atoms with E-state index in [1.165, 1.54) is 7.11 Å². The number of fused-ring (bicyclic) bond motifs is 1. The van der Waals surface area contributed by atoms with Gasteiger partial charge >= 0.3 is 5.69 Å². The molecule has 0 fully saturated rings. The highest BCUT2D eigenvalue weighted by atomic mass is 16.6. The van der Waals surface area contributed by atoms with Crippen LogP contribution in [-0.2, 0) is 22.3 Å². The summed E-state index contributed by atoms with van der Waals surface area (Å²) in [7, 11) is 4.83. The molecule has 1 aromatic rings. The van der Waals surface area contributed by atoms with Gasteiger partial charge in [0.2, 0.25) is 0 Å². The molecule has 0 N–H and O–H groups in total. The maximum atomic E-state index is 11.2. The van der Waals surface area contributed by atoms with Gasteiger partial charge in [-0.3, -0.25) is 15.0 Å². The second kappa shape index (κ2) is 8.24. The van der Waals surface area contributed by atoms with Crippen LogP contribution in [0.4, 0.5) is 5.69 Å². The molecule has 0 radical (unpaired) electrons. The van der Waals surface area contributed by atoms with Crippen molar-refractivity contribution in [2.45, 2.75) is 18.9 Å². The first kappa shape index (κ1) is 17.7. The molecule has 23 heavy (non-hydrogen) atoms. The van der Waals surface area contributed by atoms with Crippen LogP contribution in [0.3, 0.4) is 0 Å². The van der Waals surface area contributed by atoms with Crippen LogP contribution in [0.25, 0.3) is 0 Å². The predicted octanol–water partition coefficient (Wildman–Crippen LogP) is 1.67. The molecule has 0 unspecified atom stereocenters. The standard InChI is InChI=1S/C16H24N2O5/c1-21-10-14(11-22-2)17-6-4-12-8-15(18(19)20)16(23-3)9-13(12)5-7-17/h8-9,14H,4-7,10-11H2,1-3H3. The zero-order valence-electron chi connectivity index (χ0n) is 13.9. The molecule has 0 saturated carbocycles. The van der Waals surface area contributed by atoms with E-state index in [1.807, 2.05) is 0 Å². The number of benzene rings is 1. The van der Waals surface area contributed by atoms with Crippen LogP contribution in [0.1, 0.15) is 11.1 Å². The maximum absolute atomic E-state index is 11.2. The number of methoxy groups -OCH3 is 3. The van der Waals surface area contributed by atoms with Gasteiger partial charge in [0.1, 0.15) is 0 Å². The zero-order valence-corrected chi connectivity index (χ0v) is 13.9. The Labute approximate surface area is 136 Å². The lowest BCUT2D eigenvalue weighted by molar-refractivity contribution is -0.385. The summed E-state index contributed by atoms with van der Waals surface area (Å²) < 4.78 is 15.7. The Kier molecular flexibility index (Phi) is 6.32. The third-order valence-corrected chi connectivity index (χ3v) is 4.27. The molecule has 7 heteroatoms. The van der Waals surface area contributed by atoms with Gasteiger partial charge in [-0.05, 0) is 30.0 Å². The summed E-state index contributed by atoms with van der Waals surface area (Å²) in [5.74, 6) is 0.326. The quantitative estimate of drug-likeness (QED) is 0.561. The van der Waals surface area contributed by atoms with Crippen molar-refractivity contribution >= 4 is 5.69 Å². The summed E-state index contributed by atoms with van der Waals surface area (Å²) in [6.07, 6.45) is 1.59. The Hall–Kier alpha value is -1.70. The lowest BCUT2D eigenvalue weighted by Crippen LogP contribution is -2.43. The van der Waals surface area contributed by atoms with Crippen LogP contribution in [0, 0.1) is 10.1 Å². The first-order chi connectivity index (χ1) is 11.1. The molecule has 128 valence electrons. The second-order valence-corrected chi connectivity index (χ2v) is 5.65. The van der Waals surface area contributed by atoms with E-state index in [9.17, 15) is 10.1 Å². The highest BCUT2D eigenvalue weighted by Gasteiger charge is 2.25. The van der Waals surface area contributed by atoms with E-state index < -0.39 is 0 Å². The fourth-order valence-electron chi connectivity index (χ4n) is 3.07. The lowest BCUT2D eigenvalue weighted by atomic mass is 10.0. The van der Waals surface area contributed by atoms with Crippen molar-refractivity contribution < 1.29 is 19.1 Å². The molecule has 0 aliphatic carbocycles. The number of ether oxygens (including phenoxy) is 3. The average Bonchev–Trinajstić information content (AvgIpc) is 2.75. The normalized spacial score (nSPS) is 15.3. The van der Waals surface area contributed by atoms with Crippen molar-refractivity contribution in [3.8, 4) is 5.75 Å². The van der Waals surface area contributed by atoms with Gasteiger partial charge in [0, 0.05) is 33.4 Å². The van der Waals surface area contributed by atoms with Gasteiger partial charge in [0.05, 0.1) is 31.3 Å². The van der Waals surface area contributed by atoms with Crippen molar-refractivity contribution in [2.75, 3.05) is 47.6 Å². The van der Waals surface area contributed by atoms with Crippen LogP contribution >= 0.6 is 0 Å². The minimum absolute atomic E-state index is 0.0324. The first-order valence-corrected chi connectivity index (χ1v) is 7.66. The summed E-state index contributed by atoms with van der Waals surface area (Å²) in [5.41, 5.74) is 2.17. The van der Waals surface area contributed by atoms with Crippen LogP contribution in [0.5, 0.6) is 5.75 Å². The van der Waals surface area contributed by atoms with Crippen LogP contribution in [-0.4, -0.2) is 63.5 Å². The van der Waals surface area contributed by atoms with Crippen molar-refractivity contribution in [1.82, 2.24) is 4.90 Å². The van der Waals surface area contributed by atoms with E-state index in [0.29, 0.717) is 19.0 Å². The molecular formula is C16H24N2O5. The van der Waals surface area contributed by atoms with Gasteiger partial charge in [-0.1, -0.05) is 0 Å². The molecule has 0 amide bonds. The minimum Gasteiger partial charge on any atom is -0.490 e. The molecule has 2 rings (SSSR count). The summed E-state index contributed by atoms with van der Waals surface area (Å²) in [4.78, 5) is 13.1. The van der Waals surface area contributed by atoms with Gasteiger partial charge in [-0.25, -0.2) is 0 Å². The number of nitro groups is 1. The number of nitro benzene ring substituents is 1. The molecule has 1 aliphatic rings. The van der Waals surface area contributed by atoms with Gasteiger partial charge in [0.15, 0.2) is 5.75 Å². The van der Waals surface area contributed by atoms with Crippen LogP contribution in [0.15, 0.2) is 12.1 Å². The molecule has 1 aliphatic heterocycles. The van der Waals surface area contributed by atoms with E-state index in [0.717, 1.165) is 37.1 Å². The summed E-state index contributed by atoms with van der Waals surface area (Å²) in [5, 5.41) is 11.2. The molecule has 1 heterocycles. The smallest absolute Gasteiger partial charge is 0.311 e. The van der Waals surface area contributed by atoms with E-state index in [4.69, 9.17) is 14.2 Å². The largest absolute Gasteiger partial charge is 0.490 e. The molecule has 0 atom stereocenters. The van der Waals surface area contributed by atoms with E-state index in [2.05, 4.69) is 4.90 Å². The Morgan fingerprint density at radius 3 is 2.17 bits per heavy atom. The lowest BCUT2D eigenvalue weighted by Gasteiger charge is -2.29. The fourth-order valence-corrected chi connectivity index (χ4v) is 3.07. The van der Waals surface area contributed by atoms with Gasteiger partial charge in [0.25, 0.3) is 0 Å². The highest BCUT2D eigenvalue weighted by Crippen LogP contribution is 2.32. The van der Waals surface area contributed by atoms with E-state index in [1.54, 1.807) is 26.4 Å². The van der Waals surface area contributed by atoms with Gasteiger partial charge in [-0.2, -0.15) is 0 Å². The molecule has 0 bridgehead atoms. The summed E-state index contributed by atoms with van der Waals surface area (Å²) >= 11 is 0. The first-order valence-electron chi connectivity index (χ1n) is 7.66. The third-order valence-electron chi connectivity index (χ3n) is 4.27. The Morgan fingerprint density at radius 2 is 1.70 bits per heavy atom. The van der Waals surface area contributed by atoms with Crippen molar-refractivity contribution in [1.29, 1.82) is 0 Å². The molecule has 0 aromatic heterocycles. The average molecular weight is 324 g/mol. The van der Waals surface area contributed by atoms with Crippen LogP contribution in [0.2, 0.25) is 0 Å². The van der Waals surface area contributed by atoms with Crippen molar-refractivity contribution in [2.24, 2.45) is 0 Å². The zero-order chi connectivity index (χ0) is 16.8. The van der Waals surface area contributed by atoms with Crippen molar-refractivity contribution in [3.63, 3.8) is 0 Å². The fraction of sp³-hybridized carbons (Fsp3) is 0.625. The van der Waals surface area contributed by atoms with Gasteiger partial charge in [-0.15, -0.1) is 0 Å². The Bertz CT molecular complexity index is 544. The highest BCUT2D eigenvalue weighted by molar-refractivity contribution is 5.52. The molecular weight excluding hydrogens is 300 g/mol. The predicted molar refractivity (Wildman–Crippen MR) is 86.2 cm³/mol. The number of hydrogen-bond acceptors (Lipinski definition) is 6. The topological polar surface area (TPSA) is 74.1 Å². The monoisotopic (exact) mass is 324 g/mol. The van der Waals surface area contributed by atoms with Crippen molar-refractivity contribution in [3.05, 3.63) is 33.4 Å². The van der Waals surface area contributed by atoms with Crippen LogP contribution < -0.4 is 4.74 Å². The Balaban J connectivity index is 2.20. The maximum Gasteiger partial charge on any atom is 0.311 e. The van der Waals surface area contributed by atoms with E-state index >= 15 is 0 Å². The third kappa shape index (κ3) is 4.19. The number of nitrogens with zero attached hydrogens (tertiary/aromatic N) is 2. The Morgan fingerprint density at radius 1 is 1.13 bits per heavy atom. The molecule has 1 aromatic carbocycles. The second-order valence-electron chi connectivity index (χ2n) is 5.65. The summed E-state index contributed by atoms with van der Waals surface area (Å²) in [6, 6.07) is 3.65. The van der Waals surface area contributed by atoms with Gasteiger partial charge < -0.3 is 14.2 Å². The molecule has 0 saturated heterocycles. The van der Waals surface area contributed by atoms with E-state index in [-0.39, 0.29) is 16.7 Å². The minimum atomic E-state index is -0.388.